The molecule has 1 aliphatic rings. The number of likely N-dealkylation sites (N-methyl/N-ethyl adjacent to an activating group) is 2. The van der Waals surface area contributed by atoms with Gasteiger partial charge in [-0.15, -0.1) is 0 Å². The molecule has 1 amide bonds. The molecule has 0 unspecified atom stereocenters. The molecule has 1 heterocycles. The first-order valence-electron chi connectivity index (χ1n) is 4.42. The quantitative estimate of drug-likeness (QED) is 0.579. The van der Waals surface area contributed by atoms with E-state index in [4.69, 9.17) is 5.73 Å². The Balaban J connectivity index is 2.49. The average Bonchev–Trinajstić information content (AvgIpc) is 1.95. The highest BCUT2D eigenvalue weighted by Crippen LogP contribution is 2.19. The number of hydrogen-bond donors (Lipinski definition) is 2. The first-order valence-corrected chi connectivity index (χ1v) is 4.42. The van der Waals surface area contributed by atoms with Crippen molar-refractivity contribution >= 4 is 5.91 Å². The predicted octanol–water partition coefficient (Wildman–Crippen LogP) is -0.844. The third kappa shape index (κ3) is 1.44. The summed E-state index contributed by atoms with van der Waals surface area (Å²) in [6.45, 7) is 7.36. The summed E-state index contributed by atoms with van der Waals surface area (Å²) in [5.41, 5.74) is 4.87. The van der Waals surface area contributed by atoms with Gasteiger partial charge in [0.1, 0.15) is 5.54 Å². The monoisotopic (exact) mass is 171 g/mol. The fourth-order valence-electron chi connectivity index (χ4n) is 1.63. The Labute approximate surface area is 73.1 Å². The number of carbonyl (C=O) groups is 1. The van der Waals surface area contributed by atoms with E-state index in [9.17, 15) is 4.79 Å². The Kier molecular flexibility index (Phi) is 2.69. The standard InChI is InChI=1S/C8H17N3O/c1-3-10-8(7(9)12)5-11(4-2)6-8/h10H,3-6H2,1-2H3,(H2,9,12). The van der Waals surface area contributed by atoms with Gasteiger partial charge in [0.15, 0.2) is 0 Å². The topological polar surface area (TPSA) is 58.4 Å². The lowest BCUT2D eigenvalue weighted by Gasteiger charge is -2.48. The first-order chi connectivity index (χ1) is 5.64. The van der Waals surface area contributed by atoms with Crippen LogP contribution in [0, 0.1) is 0 Å². The van der Waals surface area contributed by atoms with E-state index in [-0.39, 0.29) is 5.91 Å². The van der Waals surface area contributed by atoms with Gasteiger partial charge >= 0.3 is 0 Å². The number of nitrogens with zero attached hydrogens (tertiary/aromatic N) is 1. The van der Waals surface area contributed by atoms with E-state index >= 15 is 0 Å². The predicted molar refractivity (Wildman–Crippen MR) is 47.7 cm³/mol. The molecular weight excluding hydrogens is 154 g/mol. The third-order valence-electron chi connectivity index (χ3n) is 2.42. The molecule has 0 radical (unpaired) electrons. The van der Waals surface area contributed by atoms with Gasteiger partial charge < -0.3 is 11.1 Å². The Morgan fingerprint density at radius 1 is 1.58 bits per heavy atom. The summed E-state index contributed by atoms with van der Waals surface area (Å²) in [7, 11) is 0. The highest BCUT2D eigenvalue weighted by Gasteiger charge is 2.46. The molecule has 1 saturated heterocycles. The molecule has 12 heavy (non-hydrogen) atoms. The maximum atomic E-state index is 11.1. The molecule has 0 aromatic rings. The molecule has 0 saturated carbocycles. The van der Waals surface area contributed by atoms with Gasteiger partial charge in [-0.05, 0) is 13.1 Å². The van der Waals surface area contributed by atoms with Gasteiger partial charge in [-0.2, -0.15) is 0 Å². The van der Waals surface area contributed by atoms with Gasteiger partial charge in [0.25, 0.3) is 0 Å². The summed E-state index contributed by atoms with van der Waals surface area (Å²) in [5.74, 6) is -0.228. The Bertz CT molecular complexity index is 175. The van der Waals surface area contributed by atoms with E-state index < -0.39 is 5.54 Å². The average molecular weight is 171 g/mol. The second kappa shape index (κ2) is 3.41. The van der Waals surface area contributed by atoms with Crippen LogP contribution in [-0.2, 0) is 4.79 Å². The van der Waals surface area contributed by atoms with Crippen LogP contribution in [0.4, 0.5) is 0 Å². The Hall–Kier alpha value is -0.610. The molecule has 4 heteroatoms. The molecule has 0 atom stereocenters. The number of likely N-dealkylation sites (tertiary alicyclic amines) is 1. The minimum absolute atomic E-state index is 0.228. The van der Waals surface area contributed by atoms with Gasteiger partial charge in [-0.1, -0.05) is 13.8 Å². The van der Waals surface area contributed by atoms with Crippen molar-refractivity contribution in [3.8, 4) is 0 Å². The number of primary amides is 1. The van der Waals surface area contributed by atoms with Crippen molar-refractivity contribution in [1.82, 2.24) is 10.2 Å². The van der Waals surface area contributed by atoms with Crippen molar-refractivity contribution in [3.05, 3.63) is 0 Å². The molecule has 3 N–H and O–H groups in total. The van der Waals surface area contributed by atoms with E-state index in [1.807, 2.05) is 6.92 Å². The van der Waals surface area contributed by atoms with Gasteiger partial charge in [-0.25, -0.2) is 0 Å². The summed E-state index contributed by atoms with van der Waals surface area (Å²) in [5, 5.41) is 3.14. The van der Waals surface area contributed by atoms with Crippen LogP contribution in [0.3, 0.4) is 0 Å². The summed E-state index contributed by atoms with van der Waals surface area (Å²) in [4.78, 5) is 13.3. The van der Waals surface area contributed by atoms with E-state index in [1.165, 1.54) is 0 Å². The van der Waals surface area contributed by atoms with Crippen molar-refractivity contribution in [2.75, 3.05) is 26.2 Å². The molecule has 0 spiro atoms. The molecular formula is C8H17N3O. The minimum Gasteiger partial charge on any atom is -0.368 e. The van der Waals surface area contributed by atoms with Crippen molar-refractivity contribution in [2.45, 2.75) is 19.4 Å². The number of nitrogens with two attached hydrogens (primary N) is 1. The van der Waals surface area contributed by atoms with Crippen LogP contribution in [0.15, 0.2) is 0 Å². The number of nitrogens with one attached hydrogen (secondary N) is 1. The van der Waals surface area contributed by atoms with Crippen molar-refractivity contribution in [2.24, 2.45) is 5.73 Å². The fourth-order valence-corrected chi connectivity index (χ4v) is 1.63. The molecule has 0 bridgehead atoms. The lowest BCUT2D eigenvalue weighted by Crippen LogP contribution is -2.74. The third-order valence-corrected chi connectivity index (χ3v) is 2.42. The van der Waals surface area contributed by atoms with Crippen molar-refractivity contribution in [1.29, 1.82) is 0 Å². The first kappa shape index (κ1) is 9.48. The van der Waals surface area contributed by atoms with Crippen LogP contribution in [0.25, 0.3) is 0 Å². The largest absolute Gasteiger partial charge is 0.368 e. The van der Waals surface area contributed by atoms with Crippen LogP contribution in [-0.4, -0.2) is 42.5 Å². The molecule has 0 aliphatic carbocycles. The smallest absolute Gasteiger partial charge is 0.240 e. The number of hydrogen-bond acceptors (Lipinski definition) is 3. The normalized spacial score (nSPS) is 21.8. The van der Waals surface area contributed by atoms with Crippen molar-refractivity contribution in [3.63, 3.8) is 0 Å². The molecule has 4 nitrogen and oxygen atoms in total. The van der Waals surface area contributed by atoms with E-state index in [1.54, 1.807) is 0 Å². The Morgan fingerprint density at radius 3 is 2.50 bits per heavy atom. The van der Waals surface area contributed by atoms with Gasteiger partial charge in [-0.3, -0.25) is 9.69 Å². The van der Waals surface area contributed by atoms with Crippen LogP contribution >= 0.6 is 0 Å². The maximum absolute atomic E-state index is 11.1. The molecule has 70 valence electrons. The second-order valence-electron chi connectivity index (χ2n) is 3.28. The SMILES string of the molecule is CCNC1(C(N)=O)CN(CC)C1. The molecule has 1 rings (SSSR count). The maximum Gasteiger partial charge on any atom is 0.240 e. The lowest BCUT2D eigenvalue weighted by atomic mass is 9.89. The molecule has 1 aliphatic heterocycles. The molecule has 0 aromatic heterocycles. The zero-order chi connectivity index (χ0) is 9.19. The Morgan fingerprint density at radius 2 is 2.17 bits per heavy atom. The number of amides is 1. The zero-order valence-electron chi connectivity index (χ0n) is 7.76. The van der Waals surface area contributed by atoms with Crippen LogP contribution < -0.4 is 11.1 Å². The zero-order valence-corrected chi connectivity index (χ0v) is 7.76. The highest BCUT2D eigenvalue weighted by atomic mass is 16.1. The van der Waals surface area contributed by atoms with E-state index in [0.29, 0.717) is 0 Å². The van der Waals surface area contributed by atoms with Gasteiger partial charge in [0.2, 0.25) is 5.91 Å². The number of rotatable bonds is 4. The van der Waals surface area contributed by atoms with Crippen LogP contribution in [0.1, 0.15) is 13.8 Å². The summed E-state index contributed by atoms with van der Waals surface area (Å²) >= 11 is 0. The van der Waals surface area contributed by atoms with Crippen LogP contribution in [0.2, 0.25) is 0 Å². The van der Waals surface area contributed by atoms with Crippen LogP contribution in [0.5, 0.6) is 0 Å². The van der Waals surface area contributed by atoms with Crippen molar-refractivity contribution < 1.29 is 4.79 Å². The van der Waals surface area contributed by atoms with E-state index in [0.717, 1.165) is 26.2 Å². The number of carbonyl (C=O) groups excluding carboxylic acids is 1. The van der Waals surface area contributed by atoms with Gasteiger partial charge in [0, 0.05) is 13.1 Å². The highest BCUT2D eigenvalue weighted by molar-refractivity contribution is 5.86. The lowest BCUT2D eigenvalue weighted by molar-refractivity contribution is -0.131. The second-order valence-corrected chi connectivity index (χ2v) is 3.28. The summed E-state index contributed by atoms with van der Waals surface area (Å²) in [6.07, 6.45) is 0. The fraction of sp³-hybridized carbons (Fsp3) is 0.875. The molecule has 0 aromatic carbocycles. The molecule has 1 fully saturated rings. The summed E-state index contributed by atoms with van der Waals surface area (Å²) < 4.78 is 0. The summed E-state index contributed by atoms with van der Waals surface area (Å²) in [6, 6.07) is 0. The van der Waals surface area contributed by atoms with E-state index in [2.05, 4.69) is 17.1 Å². The van der Waals surface area contributed by atoms with Gasteiger partial charge in [0.05, 0.1) is 0 Å². The minimum atomic E-state index is -0.440.